The Bertz CT molecular complexity index is 1050. The summed E-state index contributed by atoms with van der Waals surface area (Å²) in [5.74, 6) is 0.0958. The van der Waals surface area contributed by atoms with E-state index < -0.39 is 0 Å². The normalized spacial score (nSPS) is 20.7. The van der Waals surface area contributed by atoms with Gasteiger partial charge in [-0.3, -0.25) is 9.59 Å². The van der Waals surface area contributed by atoms with Crippen molar-refractivity contribution < 1.29 is 9.59 Å². The summed E-state index contributed by atoms with van der Waals surface area (Å²) in [6, 6.07) is 3.02. The highest BCUT2D eigenvalue weighted by Crippen LogP contribution is 2.43. The van der Waals surface area contributed by atoms with Crippen molar-refractivity contribution in [1.82, 2.24) is 0 Å². The maximum atomic E-state index is 14.1. The van der Waals surface area contributed by atoms with Crippen LogP contribution in [0.5, 0.6) is 0 Å². The molecule has 37 heavy (non-hydrogen) atoms. The highest BCUT2D eigenvalue weighted by molar-refractivity contribution is 6.34. The topological polar surface area (TPSA) is 58.2 Å². The maximum absolute atomic E-state index is 14.1. The molecule has 0 aromatic heterocycles. The second-order valence-electron chi connectivity index (χ2n) is 11.8. The van der Waals surface area contributed by atoms with Gasteiger partial charge in [-0.2, -0.15) is 0 Å². The number of fused-ring (bicyclic) bond motifs is 2. The van der Waals surface area contributed by atoms with Crippen LogP contribution in [0.3, 0.4) is 0 Å². The molecule has 4 aliphatic rings. The van der Waals surface area contributed by atoms with Gasteiger partial charge in [-0.05, 0) is 63.0 Å². The van der Waals surface area contributed by atoms with Gasteiger partial charge in [-0.25, -0.2) is 0 Å². The van der Waals surface area contributed by atoms with Crippen LogP contribution in [0.2, 0.25) is 0 Å². The SMILES string of the molecule is CCCCCCCc1cc(NC2CCCCC2)c2c(c1NC1CCCCC1)C(=O)C1=CCCC=C1C2=O. The molecule has 1 aromatic carbocycles. The third-order valence-corrected chi connectivity index (χ3v) is 8.97. The van der Waals surface area contributed by atoms with E-state index in [1.165, 1.54) is 69.8 Å². The summed E-state index contributed by atoms with van der Waals surface area (Å²) in [5, 5.41) is 7.65. The zero-order valence-corrected chi connectivity index (χ0v) is 22.9. The van der Waals surface area contributed by atoms with Crippen molar-refractivity contribution in [2.24, 2.45) is 0 Å². The molecule has 5 rings (SSSR count). The first-order valence-corrected chi connectivity index (χ1v) is 15.4. The first-order chi connectivity index (χ1) is 18.2. The average molecular weight is 503 g/mol. The van der Waals surface area contributed by atoms with Crippen LogP contribution in [-0.4, -0.2) is 23.7 Å². The molecule has 4 heteroatoms. The van der Waals surface area contributed by atoms with Gasteiger partial charge in [-0.1, -0.05) is 83.3 Å². The number of ketones is 2. The molecule has 0 radical (unpaired) electrons. The molecule has 200 valence electrons. The Morgan fingerprint density at radius 2 is 1.27 bits per heavy atom. The molecular weight excluding hydrogens is 456 g/mol. The van der Waals surface area contributed by atoms with E-state index in [1.54, 1.807) is 0 Å². The van der Waals surface area contributed by atoms with Gasteiger partial charge in [0, 0.05) is 34.6 Å². The minimum Gasteiger partial charge on any atom is -0.382 e. The monoisotopic (exact) mass is 502 g/mol. The first-order valence-electron chi connectivity index (χ1n) is 15.4. The van der Waals surface area contributed by atoms with E-state index in [0.29, 0.717) is 34.4 Å². The zero-order valence-electron chi connectivity index (χ0n) is 22.9. The van der Waals surface area contributed by atoms with Gasteiger partial charge in [0.2, 0.25) is 0 Å². The third kappa shape index (κ3) is 5.89. The number of hydrogen-bond acceptors (Lipinski definition) is 4. The highest BCUT2D eigenvalue weighted by atomic mass is 16.1. The number of allylic oxidation sites excluding steroid dienone is 4. The number of rotatable bonds is 10. The molecule has 0 spiro atoms. The number of nitrogens with one attached hydrogen (secondary N) is 2. The Hall–Kier alpha value is -2.36. The molecule has 0 unspecified atom stereocenters. The summed E-state index contributed by atoms with van der Waals surface area (Å²) < 4.78 is 0. The number of hydrogen-bond donors (Lipinski definition) is 2. The predicted molar refractivity (Wildman–Crippen MR) is 154 cm³/mol. The molecule has 0 amide bonds. The standard InChI is InChI=1S/C33H46N2O2/c1-2-3-4-5-8-15-23-22-28(34-24-16-9-6-10-17-24)29-30(31(23)35-25-18-11-7-12-19-25)33(37)27-21-14-13-20-26(27)32(29)36/h20-22,24-25,34-35H,2-19H2,1H3. The van der Waals surface area contributed by atoms with Gasteiger partial charge >= 0.3 is 0 Å². The quantitative estimate of drug-likeness (QED) is 0.314. The largest absolute Gasteiger partial charge is 0.382 e. The van der Waals surface area contributed by atoms with Crippen LogP contribution < -0.4 is 10.6 Å². The van der Waals surface area contributed by atoms with Crippen molar-refractivity contribution in [2.75, 3.05) is 10.6 Å². The lowest BCUT2D eigenvalue weighted by atomic mass is 9.76. The number of carbonyl (C=O) groups is 2. The summed E-state index contributed by atoms with van der Waals surface area (Å²) in [7, 11) is 0. The van der Waals surface area contributed by atoms with Crippen LogP contribution in [0.4, 0.5) is 11.4 Å². The van der Waals surface area contributed by atoms with Crippen molar-refractivity contribution >= 4 is 22.9 Å². The Morgan fingerprint density at radius 1 is 0.703 bits per heavy atom. The fourth-order valence-electron chi connectivity index (χ4n) is 6.89. The van der Waals surface area contributed by atoms with E-state index in [2.05, 4.69) is 23.6 Å². The lowest BCUT2D eigenvalue weighted by Crippen LogP contribution is -2.31. The molecule has 2 saturated carbocycles. The summed E-state index contributed by atoms with van der Waals surface area (Å²) in [6.07, 6.45) is 24.8. The van der Waals surface area contributed by atoms with Crippen LogP contribution in [0.1, 0.15) is 142 Å². The van der Waals surface area contributed by atoms with Gasteiger partial charge in [-0.15, -0.1) is 0 Å². The van der Waals surface area contributed by atoms with Crippen LogP contribution in [0, 0.1) is 0 Å². The maximum Gasteiger partial charge on any atom is 0.196 e. The summed E-state index contributed by atoms with van der Waals surface area (Å²) >= 11 is 0. The molecular formula is C33H46N2O2. The number of anilines is 2. The zero-order chi connectivity index (χ0) is 25.6. The molecule has 1 aromatic rings. The number of Topliss-reactive ketones (excluding diaryl/α,β-unsaturated/α-hetero) is 2. The Morgan fingerprint density at radius 3 is 1.89 bits per heavy atom. The van der Waals surface area contributed by atoms with Crippen LogP contribution in [0.15, 0.2) is 29.4 Å². The van der Waals surface area contributed by atoms with Crippen LogP contribution >= 0.6 is 0 Å². The second kappa shape index (κ2) is 12.5. The fourth-order valence-corrected chi connectivity index (χ4v) is 6.89. The van der Waals surface area contributed by atoms with Gasteiger partial charge in [0.25, 0.3) is 0 Å². The Balaban J connectivity index is 1.58. The van der Waals surface area contributed by atoms with E-state index in [9.17, 15) is 9.59 Å². The number of aryl methyl sites for hydroxylation is 1. The lowest BCUT2D eigenvalue weighted by molar-refractivity contribution is 0.0972. The van der Waals surface area contributed by atoms with Crippen molar-refractivity contribution in [1.29, 1.82) is 0 Å². The minimum absolute atomic E-state index is 0.0417. The van der Waals surface area contributed by atoms with Crippen molar-refractivity contribution in [3.63, 3.8) is 0 Å². The molecule has 0 heterocycles. The fraction of sp³-hybridized carbons (Fsp3) is 0.636. The van der Waals surface area contributed by atoms with Gasteiger partial charge in [0.05, 0.1) is 11.1 Å². The molecule has 0 bridgehead atoms. The third-order valence-electron chi connectivity index (χ3n) is 8.97. The molecule has 0 aliphatic heterocycles. The molecule has 2 fully saturated rings. The van der Waals surface area contributed by atoms with E-state index in [-0.39, 0.29) is 11.6 Å². The Kier molecular flexibility index (Phi) is 8.84. The van der Waals surface area contributed by atoms with Gasteiger partial charge in [0.1, 0.15) is 0 Å². The Labute approximate surface area is 223 Å². The van der Waals surface area contributed by atoms with Crippen molar-refractivity contribution in [3.8, 4) is 0 Å². The van der Waals surface area contributed by atoms with Crippen LogP contribution in [-0.2, 0) is 6.42 Å². The average Bonchev–Trinajstić information content (AvgIpc) is 2.93. The van der Waals surface area contributed by atoms with E-state index in [1.807, 2.05) is 12.2 Å². The van der Waals surface area contributed by atoms with E-state index in [0.717, 1.165) is 62.7 Å². The van der Waals surface area contributed by atoms with Crippen molar-refractivity contribution in [2.45, 2.75) is 135 Å². The highest BCUT2D eigenvalue weighted by Gasteiger charge is 2.38. The van der Waals surface area contributed by atoms with Gasteiger partial charge < -0.3 is 10.6 Å². The molecule has 2 N–H and O–H groups in total. The summed E-state index contributed by atoms with van der Waals surface area (Å²) in [6.45, 7) is 2.25. The smallest absolute Gasteiger partial charge is 0.196 e. The van der Waals surface area contributed by atoms with Crippen LogP contribution in [0.25, 0.3) is 0 Å². The predicted octanol–water partition coefficient (Wildman–Crippen LogP) is 8.71. The lowest BCUT2D eigenvalue weighted by Gasteiger charge is -2.33. The number of benzene rings is 1. The second-order valence-corrected chi connectivity index (χ2v) is 11.8. The number of unbranched alkanes of at least 4 members (excludes halogenated alkanes) is 4. The van der Waals surface area contributed by atoms with Gasteiger partial charge in [0.15, 0.2) is 11.6 Å². The van der Waals surface area contributed by atoms with Crippen molar-refractivity contribution in [3.05, 3.63) is 46.1 Å². The molecule has 4 nitrogen and oxygen atoms in total. The summed E-state index contributed by atoms with van der Waals surface area (Å²) in [4.78, 5) is 28.2. The molecule has 4 aliphatic carbocycles. The van der Waals surface area contributed by atoms with E-state index >= 15 is 0 Å². The summed E-state index contributed by atoms with van der Waals surface area (Å²) in [5.41, 5.74) is 5.66. The molecule has 0 atom stereocenters. The number of carbonyl (C=O) groups excluding carboxylic acids is 2. The minimum atomic E-state index is 0.0417. The first kappa shape index (κ1) is 26.3. The van der Waals surface area contributed by atoms with E-state index in [4.69, 9.17) is 0 Å². The molecule has 0 saturated heterocycles.